The molecular formula is C17H21N5O3. The Bertz CT molecular complexity index is 754. The van der Waals surface area contributed by atoms with Crippen molar-refractivity contribution in [2.24, 2.45) is 7.05 Å². The van der Waals surface area contributed by atoms with Crippen LogP contribution in [0.1, 0.15) is 22.6 Å². The van der Waals surface area contributed by atoms with Crippen LogP contribution in [-0.2, 0) is 11.8 Å². The van der Waals surface area contributed by atoms with Gasteiger partial charge >= 0.3 is 0 Å². The summed E-state index contributed by atoms with van der Waals surface area (Å²) in [6.45, 7) is 2.19. The van der Waals surface area contributed by atoms with Gasteiger partial charge in [-0.3, -0.25) is 19.3 Å². The Hall–Kier alpha value is -2.90. The molecule has 8 heteroatoms. The lowest BCUT2D eigenvalue weighted by atomic mass is 10.2. The second-order valence-corrected chi connectivity index (χ2v) is 6.05. The molecule has 1 N–H and O–H groups in total. The van der Waals surface area contributed by atoms with Crippen molar-refractivity contribution in [3.8, 4) is 5.75 Å². The molecule has 0 radical (unpaired) electrons. The molecule has 0 saturated carbocycles. The fraction of sp³-hybridized carbons (Fsp3) is 0.412. The number of hydrogen-bond donors (Lipinski definition) is 1. The maximum Gasteiger partial charge on any atom is 0.275 e. The summed E-state index contributed by atoms with van der Waals surface area (Å²) in [5.74, 6) is 0.138. The molecule has 132 valence electrons. The van der Waals surface area contributed by atoms with E-state index in [1.807, 2.05) is 6.92 Å². The first kappa shape index (κ1) is 16.9. The van der Waals surface area contributed by atoms with Crippen molar-refractivity contribution in [2.45, 2.75) is 25.5 Å². The van der Waals surface area contributed by atoms with Gasteiger partial charge in [0.1, 0.15) is 17.9 Å². The van der Waals surface area contributed by atoms with Crippen LogP contribution in [0.15, 0.2) is 30.6 Å². The second kappa shape index (κ2) is 6.92. The van der Waals surface area contributed by atoms with Crippen molar-refractivity contribution in [1.82, 2.24) is 25.0 Å². The van der Waals surface area contributed by atoms with Crippen molar-refractivity contribution in [3.05, 3.63) is 42.0 Å². The molecule has 3 heterocycles. The van der Waals surface area contributed by atoms with E-state index in [9.17, 15) is 9.59 Å². The molecule has 8 nitrogen and oxygen atoms in total. The molecule has 1 aliphatic rings. The number of carbonyl (C=O) groups excluding carboxylic acids is 2. The van der Waals surface area contributed by atoms with Crippen LogP contribution >= 0.6 is 0 Å². The number of likely N-dealkylation sites (N-methyl/N-ethyl adjacent to an activating group) is 1. The Kier molecular flexibility index (Phi) is 4.69. The van der Waals surface area contributed by atoms with Crippen LogP contribution in [0.4, 0.5) is 0 Å². The smallest absolute Gasteiger partial charge is 0.275 e. The predicted molar refractivity (Wildman–Crippen MR) is 90.1 cm³/mol. The SMILES string of the molecule is CNC(=O)[C@@H]1C[C@H](Oc2cccnc2)CN1C(=O)c1cc(C)n(C)n1. The minimum atomic E-state index is -0.582. The largest absolute Gasteiger partial charge is 0.487 e. The molecular weight excluding hydrogens is 322 g/mol. The van der Waals surface area contributed by atoms with Gasteiger partial charge in [-0.05, 0) is 25.1 Å². The maximum atomic E-state index is 12.8. The normalized spacial score (nSPS) is 19.7. The van der Waals surface area contributed by atoms with Crippen LogP contribution in [0, 0.1) is 6.92 Å². The third-order valence-corrected chi connectivity index (χ3v) is 4.34. The van der Waals surface area contributed by atoms with Gasteiger partial charge in [0.2, 0.25) is 5.91 Å². The van der Waals surface area contributed by atoms with Gasteiger partial charge in [0, 0.05) is 32.4 Å². The summed E-state index contributed by atoms with van der Waals surface area (Å²) in [7, 11) is 3.34. The van der Waals surface area contributed by atoms with Crippen LogP contribution in [0.2, 0.25) is 0 Å². The quantitative estimate of drug-likeness (QED) is 0.875. The second-order valence-electron chi connectivity index (χ2n) is 6.05. The van der Waals surface area contributed by atoms with E-state index in [4.69, 9.17) is 4.74 Å². The summed E-state index contributed by atoms with van der Waals surface area (Å²) in [6, 6.07) is 4.72. The van der Waals surface area contributed by atoms with Crippen LogP contribution in [0.25, 0.3) is 0 Å². The predicted octanol–water partition coefficient (Wildman–Crippen LogP) is 0.532. The molecule has 25 heavy (non-hydrogen) atoms. The Balaban J connectivity index is 1.80. The molecule has 2 aromatic rings. The van der Waals surface area contributed by atoms with E-state index >= 15 is 0 Å². The van der Waals surface area contributed by atoms with E-state index in [0.717, 1.165) is 5.69 Å². The minimum Gasteiger partial charge on any atom is -0.487 e. The molecule has 0 bridgehead atoms. The number of hydrogen-bond acceptors (Lipinski definition) is 5. The monoisotopic (exact) mass is 343 g/mol. The summed E-state index contributed by atoms with van der Waals surface area (Å²) in [4.78, 5) is 30.6. The van der Waals surface area contributed by atoms with E-state index in [2.05, 4.69) is 15.4 Å². The van der Waals surface area contributed by atoms with E-state index < -0.39 is 6.04 Å². The van der Waals surface area contributed by atoms with Gasteiger partial charge in [-0.1, -0.05) is 0 Å². The molecule has 1 aliphatic heterocycles. The lowest BCUT2D eigenvalue weighted by Crippen LogP contribution is -2.45. The number of aromatic nitrogens is 3. The summed E-state index contributed by atoms with van der Waals surface area (Å²) in [6.07, 6.45) is 3.42. The maximum absolute atomic E-state index is 12.8. The highest BCUT2D eigenvalue weighted by molar-refractivity contribution is 5.96. The van der Waals surface area contributed by atoms with E-state index in [1.165, 1.54) is 4.90 Å². The number of amides is 2. The Labute approximate surface area is 145 Å². The number of ether oxygens (including phenoxy) is 1. The molecule has 2 atom stereocenters. The minimum absolute atomic E-state index is 0.210. The van der Waals surface area contributed by atoms with E-state index in [-0.39, 0.29) is 17.9 Å². The molecule has 3 rings (SSSR count). The summed E-state index contributed by atoms with van der Waals surface area (Å²) >= 11 is 0. The standard InChI is InChI=1S/C17H21N5O3/c1-11-7-14(20-21(11)3)17(24)22-10-13(8-15(22)16(23)18-2)25-12-5-4-6-19-9-12/h4-7,9,13,15H,8,10H2,1-3H3,(H,18,23)/t13-,15-/m0/s1. The highest BCUT2D eigenvalue weighted by Gasteiger charge is 2.41. The fourth-order valence-electron chi connectivity index (χ4n) is 2.94. The lowest BCUT2D eigenvalue weighted by Gasteiger charge is -2.21. The van der Waals surface area contributed by atoms with Crippen LogP contribution in [0.5, 0.6) is 5.75 Å². The lowest BCUT2D eigenvalue weighted by molar-refractivity contribution is -0.124. The average Bonchev–Trinajstić information content (AvgIpc) is 3.18. The van der Waals surface area contributed by atoms with Crippen molar-refractivity contribution in [1.29, 1.82) is 0 Å². The third-order valence-electron chi connectivity index (χ3n) is 4.34. The van der Waals surface area contributed by atoms with E-state index in [0.29, 0.717) is 24.4 Å². The van der Waals surface area contributed by atoms with Gasteiger partial charge in [0.15, 0.2) is 5.69 Å². The molecule has 0 spiro atoms. The highest BCUT2D eigenvalue weighted by Crippen LogP contribution is 2.24. The van der Waals surface area contributed by atoms with Gasteiger partial charge in [0.25, 0.3) is 5.91 Å². The molecule has 0 unspecified atom stereocenters. The van der Waals surface area contributed by atoms with Gasteiger partial charge in [-0.15, -0.1) is 0 Å². The van der Waals surface area contributed by atoms with Crippen molar-refractivity contribution in [3.63, 3.8) is 0 Å². The topological polar surface area (TPSA) is 89.4 Å². The first-order chi connectivity index (χ1) is 12.0. The van der Waals surface area contributed by atoms with Gasteiger partial charge in [-0.2, -0.15) is 5.10 Å². The third kappa shape index (κ3) is 3.47. The summed E-state index contributed by atoms with van der Waals surface area (Å²) in [5.41, 5.74) is 1.21. The van der Waals surface area contributed by atoms with Gasteiger partial charge in [-0.25, -0.2) is 0 Å². The van der Waals surface area contributed by atoms with Crippen LogP contribution in [-0.4, -0.2) is 57.2 Å². The average molecular weight is 343 g/mol. The van der Waals surface area contributed by atoms with Crippen molar-refractivity contribution in [2.75, 3.05) is 13.6 Å². The zero-order valence-electron chi connectivity index (χ0n) is 14.5. The first-order valence-electron chi connectivity index (χ1n) is 8.09. The number of aryl methyl sites for hydroxylation is 2. The first-order valence-corrected chi connectivity index (χ1v) is 8.09. The zero-order chi connectivity index (χ0) is 18.0. The number of nitrogens with zero attached hydrogens (tertiary/aromatic N) is 4. The summed E-state index contributed by atoms with van der Waals surface area (Å²) in [5, 5.41) is 6.84. The van der Waals surface area contributed by atoms with Gasteiger partial charge in [0.05, 0.1) is 12.7 Å². The Morgan fingerprint density at radius 1 is 1.40 bits per heavy atom. The molecule has 1 fully saturated rings. The molecule has 0 aromatic carbocycles. The number of carbonyl (C=O) groups is 2. The van der Waals surface area contributed by atoms with Crippen LogP contribution in [0.3, 0.4) is 0 Å². The highest BCUT2D eigenvalue weighted by atomic mass is 16.5. The van der Waals surface area contributed by atoms with Crippen LogP contribution < -0.4 is 10.1 Å². The van der Waals surface area contributed by atoms with E-state index in [1.54, 1.807) is 49.4 Å². The molecule has 1 saturated heterocycles. The van der Waals surface area contributed by atoms with Crippen molar-refractivity contribution >= 4 is 11.8 Å². The molecule has 2 amide bonds. The Morgan fingerprint density at radius 3 is 2.80 bits per heavy atom. The van der Waals surface area contributed by atoms with Crippen molar-refractivity contribution < 1.29 is 14.3 Å². The van der Waals surface area contributed by atoms with Gasteiger partial charge < -0.3 is 15.0 Å². The number of nitrogens with one attached hydrogen (secondary N) is 1. The molecule has 2 aromatic heterocycles. The zero-order valence-corrected chi connectivity index (χ0v) is 14.5. The Morgan fingerprint density at radius 2 is 2.20 bits per heavy atom. The fourth-order valence-corrected chi connectivity index (χ4v) is 2.94. The number of rotatable bonds is 4. The summed E-state index contributed by atoms with van der Waals surface area (Å²) < 4.78 is 7.52. The number of likely N-dealkylation sites (tertiary alicyclic amines) is 1. The number of pyridine rings is 1. The molecule has 0 aliphatic carbocycles.